The lowest BCUT2D eigenvalue weighted by Gasteiger charge is -2.24. The van der Waals surface area contributed by atoms with Gasteiger partial charge in [-0.2, -0.15) is 0 Å². The molecule has 92 valence electrons. The number of carbonyl (C=O) groups is 1. The highest BCUT2D eigenvalue weighted by Gasteiger charge is 2.24. The first-order chi connectivity index (χ1) is 8.20. The van der Waals surface area contributed by atoms with E-state index in [1.807, 2.05) is 0 Å². The Kier molecular flexibility index (Phi) is 3.74. The molecular weight excluding hydrogens is 219 g/mol. The van der Waals surface area contributed by atoms with Gasteiger partial charge in [0.25, 0.3) is 0 Å². The summed E-state index contributed by atoms with van der Waals surface area (Å²) in [7, 11) is 0. The van der Waals surface area contributed by atoms with Gasteiger partial charge in [-0.1, -0.05) is 18.6 Å². The van der Waals surface area contributed by atoms with Gasteiger partial charge in [0.1, 0.15) is 5.82 Å². The van der Waals surface area contributed by atoms with Crippen molar-refractivity contribution < 1.29 is 9.18 Å². The van der Waals surface area contributed by atoms with Gasteiger partial charge in [0.05, 0.1) is 0 Å². The second kappa shape index (κ2) is 5.27. The second-order valence-corrected chi connectivity index (χ2v) is 4.48. The molecule has 3 N–H and O–H groups in total. The maximum atomic E-state index is 13.6. The van der Waals surface area contributed by atoms with Gasteiger partial charge in [0.15, 0.2) is 0 Å². The van der Waals surface area contributed by atoms with E-state index < -0.39 is 0 Å². The average molecular weight is 236 g/mol. The van der Waals surface area contributed by atoms with Gasteiger partial charge < -0.3 is 11.1 Å². The molecule has 1 aromatic rings. The molecule has 0 unspecified atom stereocenters. The number of nitrogens with one attached hydrogen (secondary N) is 1. The Hall–Kier alpha value is -1.42. The van der Waals surface area contributed by atoms with Crippen LogP contribution in [0, 0.1) is 11.7 Å². The molecule has 1 fully saturated rings. The van der Waals surface area contributed by atoms with Crippen molar-refractivity contribution in [2.45, 2.75) is 32.4 Å². The first-order valence-corrected chi connectivity index (χ1v) is 5.96. The summed E-state index contributed by atoms with van der Waals surface area (Å²) in [6.07, 6.45) is 3.04. The van der Waals surface area contributed by atoms with Crippen molar-refractivity contribution >= 4 is 5.91 Å². The third-order valence-corrected chi connectivity index (χ3v) is 3.28. The highest BCUT2D eigenvalue weighted by atomic mass is 19.1. The summed E-state index contributed by atoms with van der Waals surface area (Å²) in [5.74, 6) is -0.123. The van der Waals surface area contributed by atoms with E-state index >= 15 is 0 Å². The first-order valence-electron chi connectivity index (χ1n) is 5.96. The van der Waals surface area contributed by atoms with Crippen LogP contribution in [0.15, 0.2) is 18.2 Å². The van der Waals surface area contributed by atoms with Crippen LogP contribution in [0.1, 0.15) is 30.4 Å². The molecule has 3 nitrogen and oxygen atoms in total. The van der Waals surface area contributed by atoms with Crippen LogP contribution in [0.5, 0.6) is 0 Å². The summed E-state index contributed by atoms with van der Waals surface area (Å²) >= 11 is 0. The van der Waals surface area contributed by atoms with E-state index in [4.69, 9.17) is 5.73 Å². The quantitative estimate of drug-likeness (QED) is 0.836. The summed E-state index contributed by atoms with van der Waals surface area (Å²) in [5, 5.41) is 2.77. The monoisotopic (exact) mass is 236 g/mol. The maximum Gasteiger partial charge on any atom is 0.223 e. The molecule has 1 saturated carbocycles. The zero-order valence-electron chi connectivity index (χ0n) is 9.71. The number of benzene rings is 1. The van der Waals surface area contributed by atoms with Crippen LogP contribution in [0.25, 0.3) is 0 Å². The van der Waals surface area contributed by atoms with Crippen LogP contribution in [-0.2, 0) is 17.9 Å². The van der Waals surface area contributed by atoms with Crippen molar-refractivity contribution in [1.82, 2.24) is 5.32 Å². The van der Waals surface area contributed by atoms with Crippen molar-refractivity contribution in [1.29, 1.82) is 0 Å². The molecule has 0 saturated heterocycles. The fourth-order valence-electron chi connectivity index (χ4n) is 1.86. The molecule has 0 aliphatic heterocycles. The van der Waals surface area contributed by atoms with Gasteiger partial charge in [-0.3, -0.25) is 4.79 Å². The van der Waals surface area contributed by atoms with Crippen LogP contribution in [0.2, 0.25) is 0 Å². The van der Waals surface area contributed by atoms with Crippen molar-refractivity contribution in [2.24, 2.45) is 11.7 Å². The highest BCUT2D eigenvalue weighted by molar-refractivity contribution is 5.79. The minimum Gasteiger partial charge on any atom is -0.352 e. The summed E-state index contributed by atoms with van der Waals surface area (Å²) < 4.78 is 13.6. The minimum atomic E-state index is -0.304. The zero-order valence-corrected chi connectivity index (χ0v) is 9.71. The fraction of sp³-hybridized carbons (Fsp3) is 0.462. The smallest absolute Gasteiger partial charge is 0.223 e. The van der Waals surface area contributed by atoms with E-state index in [1.165, 1.54) is 6.07 Å². The highest BCUT2D eigenvalue weighted by Crippen LogP contribution is 2.26. The van der Waals surface area contributed by atoms with Crippen LogP contribution in [-0.4, -0.2) is 5.91 Å². The number of rotatable bonds is 4. The summed E-state index contributed by atoms with van der Waals surface area (Å²) in [5.41, 5.74) is 6.69. The topological polar surface area (TPSA) is 55.1 Å². The van der Waals surface area contributed by atoms with Crippen LogP contribution in [0.4, 0.5) is 4.39 Å². The van der Waals surface area contributed by atoms with Crippen molar-refractivity contribution in [3.8, 4) is 0 Å². The van der Waals surface area contributed by atoms with Gasteiger partial charge in [-0.25, -0.2) is 4.39 Å². The maximum absolute atomic E-state index is 13.6. The predicted molar refractivity (Wildman–Crippen MR) is 63.5 cm³/mol. The lowest BCUT2D eigenvalue weighted by Crippen LogP contribution is -2.34. The minimum absolute atomic E-state index is 0.0403. The van der Waals surface area contributed by atoms with E-state index in [-0.39, 0.29) is 24.2 Å². The fourth-order valence-corrected chi connectivity index (χ4v) is 1.86. The number of amides is 1. The third-order valence-electron chi connectivity index (χ3n) is 3.28. The third kappa shape index (κ3) is 2.82. The molecule has 0 spiro atoms. The molecule has 1 aromatic carbocycles. The molecule has 1 amide bonds. The van der Waals surface area contributed by atoms with E-state index in [2.05, 4.69) is 5.32 Å². The van der Waals surface area contributed by atoms with E-state index in [1.54, 1.807) is 12.1 Å². The SMILES string of the molecule is NCc1ccc(CNC(=O)C2CCC2)c(F)c1. The number of carbonyl (C=O) groups excluding carboxylic acids is 1. The Morgan fingerprint density at radius 2 is 2.24 bits per heavy atom. The van der Waals surface area contributed by atoms with E-state index in [0.29, 0.717) is 12.1 Å². The molecule has 2 rings (SSSR count). The Labute approximate surface area is 100 Å². The average Bonchev–Trinajstić information content (AvgIpc) is 2.25. The molecule has 4 heteroatoms. The van der Waals surface area contributed by atoms with Gasteiger partial charge >= 0.3 is 0 Å². The molecule has 1 aliphatic rings. The zero-order chi connectivity index (χ0) is 12.3. The molecule has 0 bridgehead atoms. The Morgan fingerprint density at radius 3 is 2.76 bits per heavy atom. The summed E-state index contributed by atoms with van der Waals surface area (Å²) in [6, 6.07) is 4.89. The molecule has 0 atom stereocenters. The molecule has 17 heavy (non-hydrogen) atoms. The lowest BCUT2D eigenvalue weighted by molar-refractivity contribution is -0.127. The number of hydrogen-bond donors (Lipinski definition) is 2. The van der Waals surface area contributed by atoms with Crippen LogP contribution >= 0.6 is 0 Å². The largest absolute Gasteiger partial charge is 0.352 e. The van der Waals surface area contributed by atoms with Gasteiger partial charge in [-0.15, -0.1) is 0 Å². The van der Waals surface area contributed by atoms with E-state index in [0.717, 1.165) is 24.8 Å². The summed E-state index contributed by atoms with van der Waals surface area (Å²) in [6.45, 7) is 0.581. The first kappa shape index (κ1) is 12.0. The molecule has 1 aliphatic carbocycles. The molecule has 0 aromatic heterocycles. The van der Waals surface area contributed by atoms with Crippen LogP contribution < -0.4 is 11.1 Å². The number of halogens is 1. The summed E-state index contributed by atoms with van der Waals surface area (Å²) in [4.78, 5) is 11.6. The van der Waals surface area contributed by atoms with Crippen molar-refractivity contribution in [3.05, 3.63) is 35.1 Å². The second-order valence-electron chi connectivity index (χ2n) is 4.48. The normalized spacial score (nSPS) is 15.4. The Balaban J connectivity index is 1.91. The molecular formula is C13H17FN2O. The van der Waals surface area contributed by atoms with Gasteiger partial charge in [0, 0.05) is 24.6 Å². The van der Waals surface area contributed by atoms with Crippen molar-refractivity contribution in [2.75, 3.05) is 0 Å². The molecule has 0 radical (unpaired) electrons. The van der Waals surface area contributed by atoms with Gasteiger partial charge in [0.2, 0.25) is 5.91 Å². The number of hydrogen-bond acceptors (Lipinski definition) is 2. The van der Waals surface area contributed by atoms with Crippen LogP contribution in [0.3, 0.4) is 0 Å². The number of nitrogens with two attached hydrogens (primary N) is 1. The Morgan fingerprint density at radius 1 is 1.47 bits per heavy atom. The standard InChI is InChI=1S/C13H17FN2O/c14-12-6-9(7-15)4-5-11(12)8-16-13(17)10-2-1-3-10/h4-6,10H,1-3,7-8,15H2,(H,16,17). The Bertz CT molecular complexity index is 416. The van der Waals surface area contributed by atoms with E-state index in [9.17, 15) is 9.18 Å². The lowest BCUT2D eigenvalue weighted by atomic mass is 9.85. The van der Waals surface area contributed by atoms with Crippen molar-refractivity contribution in [3.63, 3.8) is 0 Å². The molecule has 0 heterocycles. The predicted octanol–water partition coefficient (Wildman–Crippen LogP) is 1.70. The van der Waals surface area contributed by atoms with Gasteiger partial charge in [-0.05, 0) is 24.5 Å².